The number of hydrogen-bond donors (Lipinski definition) is 0. The van der Waals surface area contributed by atoms with E-state index in [4.69, 9.17) is 23.5 Å². The average Bonchev–Trinajstić information content (AvgIpc) is 3.28. The number of methoxy groups -OCH3 is 2. The lowest BCUT2D eigenvalue weighted by Crippen LogP contribution is -2.33. The van der Waals surface area contributed by atoms with Crippen molar-refractivity contribution < 1.29 is 28.3 Å². The lowest BCUT2D eigenvalue weighted by Gasteiger charge is -2.16. The Morgan fingerprint density at radius 2 is 1.45 bits per heavy atom. The van der Waals surface area contributed by atoms with E-state index in [-0.39, 0.29) is 19.1 Å². The predicted molar refractivity (Wildman–Crippen MR) is 111 cm³/mol. The third-order valence-electron chi connectivity index (χ3n) is 4.45. The molecule has 1 amide bonds. The molecule has 0 aliphatic heterocycles. The minimum absolute atomic E-state index is 0.0595. The van der Waals surface area contributed by atoms with E-state index in [1.165, 1.54) is 0 Å². The van der Waals surface area contributed by atoms with Crippen LogP contribution in [-0.2, 0) is 17.8 Å². The highest BCUT2D eigenvalue weighted by Crippen LogP contribution is 2.18. The monoisotopic (exact) mass is 427 g/mol. The normalized spacial score (nSPS) is 10.4. The fourth-order valence-corrected chi connectivity index (χ4v) is 2.59. The van der Waals surface area contributed by atoms with E-state index in [2.05, 4.69) is 10.1 Å². The second-order valence-corrected chi connectivity index (χ2v) is 6.60. The van der Waals surface area contributed by atoms with Crippen LogP contribution in [0.25, 0.3) is 0 Å². The Labute approximate surface area is 180 Å². The first-order valence-corrected chi connectivity index (χ1v) is 9.66. The average molecular weight is 427 g/mol. The summed E-state index contributed by atoms with van der Waals surface area (Å²) in [5.41, 5.74) is 0. The Kier molecular flexibility index (Phi) is 7.69. The molecule has 3 rings (SSSR count). The van der Waals surface area contributed by atoms with Crippen LogP contribution < -0.4 is 18.9 Å². The van der Waals surface area contributed by atoms with E-state index < -0.39 is 0 Å². The number of nitrogens with zero attached hydrogens (tertiary/aromatic N) is 3. The quantitative estimate of drug-likeness (QED) is 0.461. The molecule has 0 aliphatic carbocycles. The molecule has 0 saturated heterocycles. The molecule has 0 spiro atoms. The molecule has 0 saturated carbocycles. The van der Waals surface area contributed by atoms with E-state index in [9.17, 15) is 4.79 Å². The number of aromatic nitrogens is 2. The van der Waals surface area contributed by atoms with Crippen LogP contribution in [0.15, 0.2) is 53.1 Å². The first kappa shape index (κ1) is 21.9. The molecule has 1 heterocycles. The fraction of sp³-hybridized carbons (Fsp3) is 0.318. The van der Waals surface area contributed by atoms with Crippen molar-refractivity contribution in [2.24, 2.45) is 0 Å². The maximum Gasteiger partial charge on any atom is 0.264 e. The predicted octanol–water partition coefficient (Wildman–Crippen LogP) is 2.75. The Hall–Kier alpha value is -3.75. The molecule has 0 N–H and O–H groups in total. The van der Waals surface area contributed by atoms with E-state index in [0.29, 0.717) is 36.2 Å². The highest BCUT2D eigenvalue weighted by molar-refractivity contribution is 5.77. The molecule has 1 aromatic heterocycles. The van der Waals surface area contributed by atoms with Gasteiger partial charge in [0.1, 0.15) is 23.0 Å². The van der Waals surface area contributed by atoms with Gasteiger partial charge in [0, 0.05) is 20.0 Å². The van der Waals surface area contributed by atoms with E-state index in [1.807, 2.05) is 0 Å². The highest BCUT2D eigenvalue weighted by atomic mass is 16.5. The molecule has 0 atom stereocenters. The molecule has 0 unspecified atom stereocenters. The summed E-state index contributed by atoms with van der Waals surface area (Å²) in [6, 6.07) is 14.3. The van der Waals surface area contributed by atoms with Gasteiger partial charge in [-0.1, -0.05) is 5.16 Å². The van der Waals surface area contributed by atoms with Crippen LogP contribution >= 0.6 is 0 Å². The largest absolute Gasteiger partial charge is 0.497 e. The number of carbonyl (C=O) groups excluding carboxylic acids is 1. The van der Waals surface area contributed by atoms with Gasteiger partial charge in [0.2, 0.25) is 0 Å². The lowest BCUT2D eigenvalue weighted by molar-refractivity contribution is -0.132. The van der Waals surface area contributed by atoms with Crippen LogP contribution in [0.3, 0.4) is 0 Å². The number of likely N-dealkylation sites (N-methyl/N-ethyl adjacent to an activating group) is 1. The van der Waals surface area contributed by atoms with Gasteiger partial charge in [0.25, 0.3) is 11.8 Å². The summed E-state index contributed by atoms with van der Waals surface area (Å²) in [7, 11) is 4.90. The van der Waals surface area contributed by atoms with Crippen LogP contribution in [-0.4, -0.2) is 55.4 Å². The van der Waals surface area contributed by atoms with Crippen molar-refractivity contribution >= 4 is 5.91 Å². The molecular formula is C22H25N3O6. The second kappa shape index (κ2) is 10.9. The van der Waals surface area contributed by atoms with E-state index in [1.54, 1.807) is 74.7 Å². The lowest BCUT2D eigenvalue weighted by atomic mass is 10.3. The molecule has 164 valence electrons. The van der Waals surface area contributed by atoms with Gasteiger partial charge in [-0.15, -0.1) is 0 Å². The van der Waals surface area contributed by atoms with Crippen molar-refractivity contribution in [2.45, 2.75) is 13.0 Å². The second-order valence-electron chi connectivity index (χ2n) is 6.60. The number of rotatable bonds is 11. The zero-order valence-electron chi connectivity index (χ0n) is 17.7. The Morgan fingerprint density at radius 1 is 0.903 bits per heavy atom. The molecular weight excluding hydrogens is 402 g/mol. The molecule has 2 aromatic carbocycles. The smallest absolute Gasteiger partial charge is 0.264 e. The SMILES string of the molecule is COc1ccc(OCC(=O)N(C)CCc2noc(COc3ccc(OC)cc3)n2)cc1. The summed E-state index contributed by atoms with van der Waals surface area (Å²) in [4.78, 5) is 18.1. The van der Waals surface area contributed by atoms with Gasteiger partial charge in [0.15, 0.2) is 19.0 Å². The first-order valence-electron chi connectivity index (χ1n) is 9.66. The molecule has 0 aliphatic rings. The molecule has 31 heavy (non-hydrogen) atoms. The molecule has 0 fully saturated rings. The zero-order valence-corrected chi connectivity index (χ0v) is 17.7. The third-order valence-corrected chi connectivity index (χ3v) is 4.45. The number of carbonyl (C=O) groups is 1. The Morgan fingerprint density at radius 3 is 2.03 bits per heavy atom. The molecule has 0 radical (unpaired) electrons. The molecule has 9 nitrogen and oxygen atoms in total. The Balaban J connectivity index is 1.39. The number of amides is 1. The molecule has 9 heteroatoms. The summed E-state index contributed by atoms with van der Waals surface area (Å²) in [6.07, 6.45) is 0.455. The molecule has 3 aromatic rings. The number of benzene rings is 2. The zero-order chi connectivity index (χ0) is 22.1. The topological polar surface area (TPSA) is 96.2 Å². The van der Waals surface area contributed by atoms with Gasteiger partial charge < -0.3 is 28.4 Å². The van der Waals surface area contributed by atoms with E-state index in [0.717, 1.165) is 11.5 Å². The van der Waals surface area contributed by atoms with Crippen LogP contribution in [0.2, 0.25) is 0 Å². The fourth-order valence-electron chi connectivity index (χ4n) is 2.59. The summed E-state index contributed by atoms with van der Waals surface area (Å²) in [6.45, 7) is 0.531. The van der Waals surface area contributed by atoms with Gasteiger partial charge in [-0.3, -0.25) is 4.79 Å². The maximum absolute atomic E-state index is 12.3. The third kappa shape index (κ3) is 6.63. The Bertz CT molecular complexity index is 956. The first-order chi connectivity index (χ1) is 15.1. The van der Waals surface area contributed by atoms with E-state index >= 15 is 0 Å². The van der Waals surface area contributed by atoms with Crippen molar-refractivity contribution in [2.75, 3.05) is 34.4 Å². The van der Waals surface area contributed by atoms with Crippen molar-refractivity contribution in [3.63, 3.8) is 0 Å². The van der Waals surface area contributed by atoms with Crippen molar-refractivity contribution in [3.8, 4) is 23.0 Å². The number of ether oxygens (including phenoxy) is 4. The van der Waals surface area contributed by atoms with Gasteiger partial charge in [-0.05, 0) is 48.5 Å². The highest BCUT2D eigenvalue weighted by Gasteiger charge is 2.13. The summed E-state index contributed by atoms with van der Waals surface area (Å²) < 4.78 is 26.5. The van der Waals surface area contributed by atoms with Crippen LogP contribution in [0.5, 0.6) is 23.0 Å². The van der Waals surface area contributed by atoms with Crippen molar-refractivity contribution in [3.05, 3.63) is 60.2 Å². The minimum atomic E-state index is -0.151. The van der Waals surface area contributed by atoms with Gasteiger partial charge in [0.05, 0.1) is 14.2 Å². The minimum Gasteiger partial charge on any atom is -0.497 e. The van der Waals surface area contributed by atoms with Crippen LogP contribution in [0, 0.1) is 0 Å². The van der Waals surface area contributed by atoms with Gasteiger partial charge in [-0.2, -0.15) is 4.98 Å². The van der Waals surface area contributed by atoms with Crippen LogP contribution in [0.4, 0.5) is 0 Å². The van der Waals surface area contributed by atoms with Gasteiger partial charge in [-0.25, -0.2) is 0 Å². The van der Waals surface area contributed by atoms with Crippen molar-refractivity contribution in [1.29, 1.82) is 0 Å². The maximum atomic E-state index is 12.3. The van der Waals surface area contributed by atoms with Gasteiger partial charge >= 0.3 is 0 Å². The standard InChI is InChI=1S/C22H25N3O6/c1-25(22(26)15-30-19-10-6-17(28-3)7-11-19)13-12-20-23-21(31-24-20)14-29-18-8-4-16(27-2)5-9-18/h4-11H,12-15H2,1-3H3. The molecule has 0 bridgehead atoms. The summed E-state index contributed by atoms with van der Waals surface area (Å²) >= 11 is 0. The van der Waals surface area contributed by atoms with Crippen molar-refractivity contribution in [1.82, 2.24) is 15.0 Å². The number of hydrogen-bond acceptors (Lipinski definition) is 8. The summed E-state index contributed by atoms with van der Waals surface area (Å²) in [5, 5.41) is 3.93. The van der Waals surface area contributed by atoms with Crippen LogP contribution in [0.1, 0.15) is 11.7 Å². The summed E-state index contributed by atoms with van der Waals surface area (Å²) in [5.74, 6) is 3.46.